The third kappa shape index (κ3) is 6.31. The SMILES string of the molecule is CO[C@@H](CNC(=O)C(=O)NCCC1=CCCCC1)c1cccc(F)c1. The van der Waals surface area contributed by atoms with Gasteiger partial charge in [-0.2, -0.15) is 0 Å². The van der Waals surface area contributed by atoms with E-state index in [0.717, 1.165) is 19.3 Å². The van der Waals surface area contributed by atoms with E-state index in [1.54, 1.807) is 12.1 Å². The van der Waals surface area contributed by atoms with Gasteiger partial charge in [0.1, 0.15) is 5.82 Å². The molecule has 1 aliphatic rings. The molecule has 5 nitrogen and oxygen atoms in total. The second-order valence-corrected chi connectivity index (χ2v) is 6.10. The molecule has 1 aromatic carbocycles. The smallest absolute Gasteiger partial charge is 0.309 e. The number of ether oxygens (including phenoxy) is 1. The lowest BCUT2D eigenvalue weighted by atomic mass is 9.97. The molecule has 0 saturated carbocycles. The van der Waals surface area contributed by atoms with Crippen LogP contribution in [0.2, 0.25) is 0 Å². The van der Waals surface area contributed by atoms with Gasteiger partial charge < -0.3 is 15.4 Å². The summed E-state index contributed by atoms with van der Waals surface area (Å²) in [5.74, 6) is -1.75. The Bertz CT molecular complexity index is 631. The summed E-state index contributed by atoms with van der Waals surface area (Å²) in [7, 11) is 1.47. The number of hydrogen-bond acceptors (Lipinski definition) is 3. The summed E-state index contributed by atoms with van der Waals surface area (Å²) in [5.41, 5.74) is 1.95. The third-order valence-corrected chi connectivity index (χ3v) is 4.28. The predicted octanol–water partition coefficient (Wildman–Crippen LogP) is 2.64. The van der Waals surface area contributed by atoms with Crippen molar-refractivity contribution in [1.29, 1.82) is 0 Å². The maximum Gasteiger partial charge on any atom is 0.309 e. The zero-order chi connectivity index (χ0) is 18.1. The van der Waals surface area contributed by atoms with Crippen LogP contribution >= 0.6 is 0 Å². The van der Waals surface area contributed by atoms with Gasteiger partial charge in [0.2, 0.25) is 0 Å². The molecule has 0 bridgehead atoms. The quantitative estimate of drug-likeness (QED) is 0.588. The van der Waals surface area contributed by atoms with Crippen molar-refractivity contribution in [2.75, 3.05) is 20.2 Å². The second-order valence-electron chi connectivity index (χ2n) is 6.10. The first-order valence-corrected chi connectivity index (χ1v) is 8.62. The number of methoxy groups -OCH3 is 1. The van der Waals surface area contributed by atoms with Crippen molar-refractivity contribution in [2.24, 2.45) is 0 Å². The van der Waals surface area contributed by atoms with Crippen LogP contribution < -0.4 is 10.6 Å². The molecule has 136 valence electrons. The maximum absolute atomic E-state index is 13.3. The zero-order valence-electron chi connectivity index (χ0n) is 14.5. The standard InChI is InChI=1S/C19H25FN2O3/c1-25-17(15-8-5-9-16(20)12-15)13-22-19(24)18(23)21-11-10-14-6-3-2-4-7-14/h5-6,8-9,12,17H,2-4,7,10-11,13H2,1H3,(H,21,23)(H,22,24)/t17-/m0/s1. The van der Waals surface area contributed by atoms with Gasteiger partial charge in [-0.25, -0.2) is 4.39 Å². The molecule has 2 amide bonds. The average molecular weight is 348 g/mol. The Morgan fingerprint density at radius 2 is 2.04 bits per heavy atom. The van der Waals surface area contributed by atoms with Crippen molar-refractivity contribution in [2.45, 2.75) is 38.2 Å². The first-order valence-electron chi connectivity index (χ1n) is 8.62. The summed E-state index contributed by atoms with van der Waals surface area (Å²) in [6, 6.07) is 5.97. The molecule has 2 N–H and O–H groups in total. The van der Waals surface area contributed by atoms with Crippen LogP contribution in [0.1, 0.15) is 43.8 Å². The fourth-order valence-electron chi connectivity index (χ4n) is 2.86. The largest absolute Gasteiger partial charge is 0.375 e. The molecule has 25 heavy (non-hydrogen) atoms. The summed E-state index contributed by atoms with van der Waals surface area (Å²) in [6.07, 6.45) is 7.08. The highest BCUT2D eigenvalue weighted by Crippen LogP contribution is 2.19. The second kappa shape index (κ2) is 9.93. The Labute approximate surface area is 147 Å². The van der Waals surface area contributed by atoms with Crippen LogP contribution in [0.4, 0.5) is 4.39 Å². The summed E-state index contributed by atoms with van der Waals surface area (Å²) in [6.45, 7) is 0.549. The lowest BCUT2D eigenvalue weighted by Crippen LogP contribution is -2.42. The van der Waals surface area contributed by atoms with Gasteiger partial charge in [0.05, 0.1) is 6.10 Å². The highest BCUT2D eigenvalue weighted by Gasteiger charge is 2.17. The van der Waals surface area contributed by atoms with Gasteiger partial charge in [-0.05, 0) is 49.8 Å². The minimum absolute atomic E-state index is 0.0946. The van der Waals surface area contributed by atoms with E-state index in [4.69, 9.17) is 4.74 Å². The van der Waals surface area contributed by atoms with E-state index in [0.29, 0.717) is 12.1 Å². The molecule has 1 atom stereocenters. The normalized spacial score (nSPS) is 15.2. The lowest BCUT2D eigenvalue weighted by molar-refractivity contribution is -0.139. The van der Waals surface area contributed by atoms with Crippen molar-refractivity contribution < 1.29 is 18.7 Å². The Kier molecular flexibility index (Phi) is 7.60. The van der Waals surface area contributed by atoms with Crippen molar-refractivity contribution in [3.05, 3.63) is 47.3 Å². The topological polar surface area (TPSA) is 67.4 Å². The third-order valence-electron chi connectivity index (χ3n) is 4.28. The molecule has 0 saturated heterocycles. The molecule has 0 heterocycles. The molecular formula is C19H25FN2O3. The fraction of sp³-hybridized carbons (Fsp3) is 0.474. The van der Waals surface area contributed by atoms with Crippen molar-refractivity contribution in [3.63, 3.8) is 0 Å². The average Bonchev–Trinajstić information content (AvgIpc) is 2.63. The van der Waals surface area contributed by atoms with Crippen LogP contribution in [0, 0.1) is 5.82 Å². The Hall–Kier alpha value is -2.21. The molecule has 0 fully saturated rings. The van der Waals surface area contributed by atoms with E-state index in [9.17, 15) is 14.0 Å². The molecule has 6 heteroatoms. The van der Waals surface area contributed by atoms with Gasteiger partial charge in [0.15, 0.2) is 0 Å². The summed E-state index contributed by atoms with van der Waals surface area (Å²) in [5, 5.41) is 5.15. The Morgan fingerprint density at radius 1 is 1.24 bits per heavy atom. The van der Waals surface area contributed by atoms with E-state index in [2.05, 4.69) is 16.7 Å². The van der Waals surface area contributed by atoms with Crippen LogP contribution in [0.3, 0.4) is 0 Å². The number of benzene rings is 1. The van der Waals surface area contributed by atoms with Crippen molar-refractivity contribution >= 4 is 11.8 Å². The highest BCUT2D eigenvalue weighted by atomic mass is 19.1. The number of amides is 2. The van der Waals surface area contributed by atoms with E-state index < -0.39 is 17.9 Å². The van der Waals surface area contributed by atoms with Crippen LogP contribution in [0.15, 0.2) is 35.9 Å². The van der Waals surface area contributed by atoms with Gasteiger partial charge in [0.25, 0.3) is 0 Å². The van der Waals surface area contributed by atoms with Crippen molar-refractivity contribution in [1.82, 2.24) is 10.6 Å². The number of hydrogen-bond donors (Lipinski definition) is 2. The highest BCUT2D eigenvalue weighted by molar-refractivity contribution is 6.35. The number of nitrogens with one attached hydrogen (secondary N) is 2. The van der Waals surface area contributed by atoms with Gasteiger partial charge in [-0.15, -0.1) is 0 Å². The maximum atomic E-state index is 13.3. The Balaban J connectivity index is 1.74. The van der Waals surface area contributed by atoms with E-state index in [1.807, 2.05) is 0 Å². The molecule has 0 unspecified atom stereocenters. The Morgan fingerprint density at radius 3 is 2.72 bits per heavy atom. The summed E-state index contributed by atoms with van der Waals surface area (Å²) in [4.78, 5) is 23.7. The number of halogens is 1. The van der Waals surface area contributed by atoms with E-state index >= 15 is 0 Å². The lowest BCUT2D eigenvalue weighted by Gasteiger charge is -2.16. The number of carbonyl (C=O) groups excluding carboxylic acids is 2. The molecule has 0 aromatic heterocycles. The van der Waals surface area contributed by atoms with Gasteiger partial charge in [-0.3, -0.25) is 9.59 Å². The van der Waals surface area contributed by atoms with Crippen molar-refractivity contribution in [3.8, 4) is 0 Å². The van der Waals surface area contributed by atoms with E-state index in [1.165, 1.54) is 37.7 Å². The first-order chi connectivity index (χ1) is 12.1. The summed E-state index contributed by atoms with van der Waals surface area (Å²) >= 11 is 0. The van der Waals surface area contributed by atoms with E-state index in [-0.39, 0.29) is 12.4 Å². The molecule has 0 spiro atoms. The monoisotopic (exact) mass is 348 g/mol. The molecule has 1 aliphatic carbocycles. The molecule has 2 rings (SSSR count). The minimum Gasteiger partial charge on any atom is -0.375 e. The predicted molar refractivity (Wildman–Crippen MR) is 93.3 cm³/mol. The van der Waals surface area contributed by atoms with Crippen LogP contribution in [-0.2, 0) is 14.3 Å². The molecule has 1 aromatic rings. The number of allylic oxidation sites excluding steroid dienone is 1. The molecule has 0 aliphatic heterocycles. The zero-order valence-corrected chi connectivity index (χ0v) is 14.5. The number of rotatable bonds is 7. The van der Waals surface area contributed by atoms with Crippen LogP contribution in [0.5, 0.6) is 0 Å². The van der Waals surface area contributed by atoms with Crippen LogP contribution in [-0.4, -0.2) is 32.0 Å². The molecular weight excluding hydrogens is 323 g/mol. The number of carbonyl (C=O) groups is 2. The minimum atomic E-state index is -0.712. The van der Waals surface area contributed by atoms with Gasteiger partial charge in [-0.1, -0.05) is 23.8 Å². The fourth-order valence-corrected chi connectivity index (χ4v) is 2.86. The molecule has 0 radical (unpaired) electrons. The van der Waals surface area contributed by atoms with Crippen LogP contribution in [0.25, 0.3) is 0 Å². The van der Waals surface area contributed by atoms with Gasteiger partial charge >= 0.3 is 11.8 Å². The first kappa shape index (κ1) is 19.1. The summed E-state index contributed by atoms with van der Waals surface area (Å²) < 4.78 is 18.5. The van der Waals surface area contributed by atoms with Gasteiger partial charge in [0, 0.05) is 20.2 Å².